The Kier molecular flexibility index (Phi) is 3.58. The van der Waals surface area contributed by atoms with Crippen molar-refractivity contribution < 1.29 is 9.18 Å². The van der Waals surface area contributed by atoms with Crippen LogP contribution in [0.1, 0.15) is 6.42 Å². The first-order chi connectivity index (χ1) is 8.20. The van der Waals surface area contributed by atoms with E-state index in [0.717, 1.165) is 0 Å². The van der Waals surface area contributed by atoms with Crippen molar-refractivity contribution in [2.24, 2.45) is 5.73 Å². The first-order valence-corrected chi connectivity index (χ1v) is 5.69. The highest BCUT2D eigenvalue weighted by Crippen LogP contribution is 2.20. The van der Waals surface area contributed by atoms with Crippen LogP contribution in [-0.4, -0.2) is 31.6 Å². The van der Waals surface area contributed by atoms with Crippen LogP contribution in [0.15, 0.2) is 24.3 Å². The van der Waals surface area contributed by atoms with Crippen LogP contribution in [0.25, 0.3) is 0 Å². The van der Waals surface area contributed by atoms with E-state index in [1.165, 1.54) is 6.07 Å². The Morgan fingerprint density at radius 2 is 2.24 bits per heavy atom. The largest absolute Gasteiger partial charge is 0.358 e. The number of halogens is 1. The summed E-state index contributed by atoms with van der Waals surface area (Å²) in [6.07, 6.45) is 0.705. The standard InChI is InChI=1S/C12H16FN3O/c13-10-3-1-2-4-11(10)16-7-9(5-6-14)15-12(17)8-16/h1-4,9H,5-8,14H2,(H,15,17). The molecule has 1 amide bonds. The molecule has 1 unspecified atom stereocenters. The Hall–Kier alpha value is -1.62. The molecule has 1 saturated heterocycles. The average molecular weight is 237 g/mol. The summed E-state index contributed by atoms with van der Waals surface area (Å²) in [5.41, 5.74) is 5.95. The molecule has 4 nitrogen and oxygen atoms in total. The zero-order valence-electron chi connectivity index (χ0n) is 9.53. The van der Waals surface area contributed by atoms with Gasteiger partial charge in [0.1, 0.15) is 5.82 Å². The van der Waals surface area contributed by atoms with Crippen molar-refractivity contribution in [3.63, 3.8) is 0 Å². The second kappa shape index (κ2) is 5.14. The molecule has 92 valence electrons. The third-order valence-electron chi connectivity index (χ3n) is 2.85. The van der Waals surface area contributed by atoms with Crippen molar-refractivity contribution in [3.05, 3.63) is 30.1 Å². The summed E-state index contributed by atoms with van der Waals surface area (Å²) in [5, 5.41) is 2.85. The Balaban J connectivity index is 2.15. The van der Waals surface area contributed by atoms with E-state index >= 15 is 0 Å². The minimum Gasteiger partial charge on any atom is -0.358 e. The number of para-hydroxylation sites is 1. The van der Waals surface area contributed by atoms with Gasteiger partial charge in [-0.1, -0.05) is 12.1 Å². The molecule has 1 aromatic rings. The minimum atomic E-state index is -0.298. The van der Waals surface area contributed by atoms with E-state index < -0.39 is 0 Å². The molecule has 0 aromatic heterocycles. The highest BCUT2D eigenvalue weighted by molar-refractivity contribution is 5.83. The van der Waals surface area contributed by atoms with Crippen LogP contribution in [0.4, 0.5) is 10.1 Å². The van der Waals surface area contributed by atoms with Gasteiger partial charge in [0, 0.05) is 12.6 Å². The van der Waals surface area contributed by atoms with Gasteiger partial charge in [-0.2, -0.15) is 0 Å². The van der Waals surface area contributed by atoms with Crippen molar-refractivity contribution in [2.75, 3.05) is 24.5 Å². The molecule has 1 aliphatic rings. The maximum absolute atomic E-state index is 13.6. The van der Waals surface area contributed by atoms with E-state index in [9.17, 15) is 9.18 Å². The summed E-state index contributed by atoms with van der Waals surface area (Å²) in [7, 11) is 0. The van der Waals surface area contributed by atoms with E-state index in [1.54, 1.807) is 23.1 Å². The predicted molar refractivity (Wildman–Crippen MR) is 64.2 cm³/mol. The zero-order chi connectivity index (χ0) is 12.3. The molecular weight excluding hydrogens is 221 g/mol. The Morgan fingerprint density at radius 3 is 2.94 bits per heavy atom. The molecular formula is C12H16FN3O. The molecule has 17 heavy (non-hydrogen) atoms. The fourth-order valence-corrected chi connectivity index (χ4v) is 2.08. The third-order valence-corrected chi connectivity index (χ3v) is 2.85. The van der Waals surface area contributed by atoms with Gasteiger partial charge < -0.3 is 16.0 Å². The Morgan fingerprint density at radius 1 is 1.47 bits per heavy atom. The second-order valence-corrected chi connectivity index (χ2v) is 4.17. The zero-order valence-corrected chi connectivity index (χ0v) is 9.53. The lowest BCUT2D eigenvalue weighted by Crippen LogP contribution is -2.55. The quantitative estimate of drug-likeness (QED) is 0.804. The predicted octanol–water partition coefficient (Wildman–Crippen LogP) is 0.479. The van der Waals surface area contributed by atoms with Crippen LogP contribution in [0.2, 0.25) is 0 Å². The molecule has 1 aromatic carbocycles. The van der Waals surface area contributed by atoms with Crippen LogP contribution >= 0.6 is 0 Å². The number of hydrogen-bond donors (Lipinski definition) is 2. The summed E-state index contributed by atoms with van der Waals surface area (Å²) < 4.78 is 13.6. The number of carbonyl (C=O) groups is 1. The molecule has 3 N–H and O–H groups in total. The Bertz CT molecular complexity index is 410. The van der Waals surface area contributed by atoms with Crippen molar-refractivity contribution in [2.45, 2.75) is 12.5 Å². The number of carbonyl (C=O) groups excluding carboxylic acids is 1. The van der Waals surface area contributed by atoms with E-state index in [-0.39, 0.29) is 24.3 Å². The Labute approximate surface area is 99.6 Å². The summed E-state index contributed by atoms with van der Waals surface area (Å²) in [6, 6.07) is 6.50. The number of nitrogens with zero attached hydrogens (tertiary/aromatic N) is 1. The molecule has 0 bridgehead atoms. The maximum Gasteiger partial charge on any atom is 0.239 e. The molecule has 0 spiro atoms. The van der Waals surface area contributed by atoms with Gasteiger partial charge in [0.2, 0.25) is 5.91 Å². The van der Waals surface area contributed by atoms with Crippen LogP contribution in [0.5, 0.6) is 0 Å². The van der Waals surface area contributed by atoms with Gasteiger partial charge in [-0.15, -0.1) is 0 Å². The summed E-state index contributed by atoms with van der Waals surface area (Å²) in [5.74, 6) is -0.383. The topological polar surface area (TPSA) is 58.4 Å². The first kappa shape index (κ1) is 11.9. The number of amides is 1. The number of anilines is 1. The fraction of sp³-hybridized carbons (Fsp3) is 0.417. The third kappa shape index (κ3) is 2.74. The van der Waals surface area contributed by atoms with Crippen LogP contribution in [0, 0.1) is 5.82 Å². The van der Waals surface area contributed by atoms with Crippen molar-refractivity contribution in [1.29, 1.82) is 0 Å². The van der Waals surface area contributed by atoms with Crippen molar-refractivity contribution in [1.82, 2.24) is 5.32 Å². The smallest absolute Gasteiger partial charge is 0.239 e. The second-order valence-electron chi connectivity index (χ2n) is 4.17. The van der Waals surface area contributed by atoms with E-state index in [2.05, 4.69) is 5.32 Å². The lowest BCUT2D eigenvalue weighted by atomic mass is 10.1. The van der Waals surface area contributed by atoms with Crippen LogP contribution < -0.4 is 16.0 Å². The van der Waals surface area contributed by atoms with E-state index in [1.807, 2.05) is 0 Å². The fourth-order valence-electron chi connectivity index (χ4n) is 2.08. The van der Waals surface area contributed by atoms with Crippen LogP contribution in [-0.2, 0) is 4.79 Å². The summed E-state index contributed by atoms with van der Waals surface area (Å²) in [6.45, 7) is 1.31. The number of nitrogens with one attached hydrogen (secondary N) is 1. The maximum atomic E-state index is 13.6. The van der Waals surface area contributed by atoms with Gasteiger partial charge in [-0.05, 0) is 25.1 Å². The number of rotatable bonds is 3. The van der Waals surface area contributed by atoms with Crippen LogP contribution in [0.3, 0.4) is 0 Å². The normalized spacial score (nSPS) is 20.2. The number of hydrogen-bond acceptors (Lipinski definition) is 3. The van der Waals surface area contributed by atoms with Gasteiger partial charge >= 0.3 is 0 Å². The SMILES string of the molecule is NCCC1CN(c2ccccc2F)CC(=O)N1. The molecule has 0 saturated carbocycles. The summed E-state index contributed by atoms with van der Waals surface area (Å²) >= 11 is 0. The minimum absolute atomic E-state index is 0.000793. The molecule has 5 heteroatoms. The van der Waals surface area contributed by atoms with Gasteiger partial charge in [-0.3, -0.25) is 4.79 Å². The molecule has 2 rings (SSSR count). The molecule has 0 radical (unpaired) electrons. The van der Waals surface area contributed by atoms with Gasteiger partial charge in [0.25, 0.3) is 0 Å². The van der Waals surface area contributed by atoms with Crippen molar-refractivity contribution >= 4 is 11.6 Å². The van der Waals surface area contributed by atoms with Gasteiger partial charge in [0.05, 0.1) is 12.2 Å². The van der Waals surface area contributed by atoms with E-state index in [4.69, 9.17) is 5.73 Å². The number of nitrogens with two attached hydrogens (primary N) is 1. The lowest BCUT2D eigenvalue weighted by molar-refractivity contribution is -0.121. The van der Waals surface area contributed by atoms with E-state index in [0.29, 0.717) is 25.2 Å². The monoisotopic (exact) mass is 237 g/mol. The first-order valence-electron chi connectivity index (χ1n) is 5.69. The summed E-state index contributed by atoms with van der Waals surface area (Å²) in [4.78, 5) is 13.3. The van der Waals surface area contributed by atoms with Crippen molar-refractivity contribution in [3.8, 4) is 0 Å². The molecule has 1 atom stereocenters. The molecule has 0 aliphatic carbocycles. The number of piperazine rings is 1. The van der Waals surface area contributed by atoms with Gasteiger partial charge in [0.15, 0.2) is 0 Å². The highest BCUT2D eigenvalue weighted by Gasteiger charge is 2.25. The highest BCUT2D eigenvalue weighted by atomic mass is 19.1. The molecule has 1 fully saturated rings. The average Bonchev–Trinajstić information content (AvgIpc) is 2.29. The number of benzene rings is 1. The molecule has 1 aliphatic heterocycles. The molecule has 1 heterocycles. The lowest BCUT2D eigenvalue weighted by Gasteiger charge is -2.34. The van der Waals surface area contributed by atoms with Gasteiger partial charge in [-0.25, -0.2) is 4.39 Å².